The summed E-state index contributed by atoms with van der Waals surface area (Å²) in [5.74, 6) is 0.0492. The van der Waals surface area contributed by atoms with Crippen LogP contribution in [0.2, 0.25) is 0 Å². The summed E-state index contributed by atoms with van der Waals surface area (Å²) < 4.78 is 15.9. The fraction of sp³-hybridized carbons (Fsp3) is 0.211. The molecule has 3 unspecified atom stereocenters. The van der Waals surface area contributed by atoms with Gasteiger partial charge in [-0.3, -0.25) is 10.1 Å². The van der Waals surface area contributed by atoms with E-state index in [0.717, 1.165) is 11.4 Å². The van der Waals surface area contributed by atoms with Crippen molar-refractivity contribution in [3.05, 3.63) is 77.1 Å². The molecule has 0 saturated carbocycles. The minimum atomic E-state index is -1.06. The first-order chi connectivity index (χ1) is 13.1. The highest BCUT2D eigenvalue weighted by Crippen LogP contribution is 2.45. The normalized spacial score (nSPS) is 23.1. The maximum Gasteiger partial charge on any atom is 0.166 e. The van der Waals surface area contributed by atoms with Crippen molar-refractivity contribution in [2.24, 2.45) is 12.1 Å². The number of nitrogens with one attached hydrogen (secondary N) is 2. The van der Waals surface area contributed by atoms with E-state index < -0.39 is 12.0 Å². The van der Waals surface area contributed by atoms with E-state index in [1.807, 2.05) is 37.4 Å². The summed E-state index contributed by atoms with van der Waals surface area (Å²) in [5, 5.41) is 22.3. The molecule has 2 aliphatic heterocycles. The van der Waals surface area contributed by atoms with Crippen LogP contribution in [0.15, 0.2) is 53.9 Å². The maximum atomic E-state index is 14.2. The Hall–Kier alpha value is -3.26. The van der Waals surface area contributed by atoms with E-state index in [2.05, 4.69) is 25.9 Å². The molecule has 0 saturated heterocycles. The van der Waals surface area contributed by atoms with Crippen LogP contribution in [0.25, 0.3) is 0 Å². The van der Waals surface area contributed by atoms with Crippen molar-refractivity contribution in [1.29, 1.82) is 0 Å². The number of aryl methyl sites for hydroxylation is 1. The van der Waals surface area contributed by atoms with Gasteiger partial charge in [0.15, 0.2) is 6.23 Å². The minimum absolute atomic E-state index is 0.216. The third-order valence-corrected chi connectivity index (χ3v) is 5.11. The zero-order chi connectivity index (χ0) is 18.5. The predicted octanol–water partition coefficient (Wildman–Crippen LogP) is 2.20. The molecule has 27 heavy (non-hydrogen) atoms. The van der Waals surface area contributed by atoms with Gasteiger partial charge in [-0.2, -0.15) is 10.2 Å². The first-order valence-electron chi connectivity index (χ1n) is 8.64. The average molecular weight is 364 g/mol. The number of anilines is 1. The summed E-state index contributed by atoms with van der Waals surface area (Å²) in [7, 11) is 1.83. The van der Waals surface area contributed by atoms with Gasteiger partial charge in [0.25, 0.3) is 0 Å². The van der Waals surface area contributed by atoms with Crippen LogP contribution in [-0.2, 0) is 7.05 Å². The zero-order valence-electron chi connectivity index (χ0n) is 14.5. The second-order valence-electron chi connectivity index (χ2n) is 6.70. The van der Waals surface area contributed by atoms with Crippen LogP contribution in [0.4, 0.5) is 10.1 Å². The molecule has 1 aromatic heterocycles. The minimum Gasteiger partial charge on any atom is -0.376 e. The molecule has 0 spiro atoms. The monoisotopic (exact) mass is 364 g/mol. The Kier molecular flexibility index (Phi) is 3.48. The van der Waals surface area contributed by atoms with E-state index >= 15 is 0 Å². The first kappa shape index (κ1) is 16.0. The fourth-order valence-corrected chi connectivity index (χ4v) is 3.93. The topological polar surface area (TPSA) is 87.4 Å². The molecule has 0 radical (unpaired) electrons. The molecule has 2 aromatic carbocycles. The van der Waals surface area contributed by atoms with Crippen LogP contribution in [0, 0.1) is 5.82 Å². The molecule has 8 heteroatoms. The lowest BCUT2D eigenvalue weighted by Gasteiger charge is -2.38. The van der Waals surface area contributed by atoms with Gasteiger partial charge in [-0.25, -0.2) is 9.37 Å². The van der Waals surface area contributed by atoms with Gasteiger partial charge < -0.3 is 10.4 Å². The van der Waals surface area contributed by atoms with Gasteiger partial charge in [0.05, 0.1) is 17.7 Å². The molecule has 2 aliphatic rings. The van der Waals surface area contributed by atoms with Gasteiger partial charge in [0.1, 0.15) is 18.0 Å². The van der Waals surface area contributed by atoms with Crippen molar-refractivity contribution >= 4 is 11.4 Å². The Bertz CT molecular complexity index is 1050. The fourth-order valence-electron chi connectivity index (χ4n) is 3.93. The number of rotatable bonds is 2. The molecule has 136 valence electrons. The molecule has 0 amide bonds. The molecule has 0 fully saturated rings. The highest BCUT2D eigenvalue weighted by Gasteiger charge is 2.42. The highest BCUT2D eigenvalue weighted by molar-refractivity contribution is 6.12. The summed E-state index contributed by atoms with van der Waals surface area (Å²) >= 11 is 0. The van der Waals surface area contributed by atoms with Crippen molar-refractivity contribution in [3.8, 4) is 0 Å². The Morgan fingerprint density at radius 2 is 2.00 bits per heavy atom. The van der Waals surface area contributed by atoms with Gasteiger partial charge in [-0.05, 0) is 17.7 Å². The average Bonchev–Trinajstić information content (AvgIpc) is 3.10. The number of hydrazone groups is 1. The quantitative estimate of drug-likeness (QED) is 0.649. The number of benzene rings is 2. The molecule has 7 nitrogen and oxygen atoms in total. The summed E-state index contributed by atoms with van der Waals surface area (Å²) in [4.78, 5) is 4.44. The van der Waals surface area contributed by atoms with E-state index in [4.69, 9.17) is 0 Å². The summed E-state index contributed by atoms with van der Waals surface area (Å²) in [6, 6.07) is 12.5. The van der Waals surface area contributed by atoms with Gasteiger partial charge in [-0.15, -0.1) is 0 Å². The Morgan fingerprint density at radius 3 is 2.74 bits per heavy atom. The van der Waals surface area contributed by atoms with Crippen molar-refractivity contribution in [1.82, 2.24) is 20.2 Å². The number of aliphatic hydroxyl groups excluding tert-OH is 1. The van der Waals surface area contributed by atoms with Gasteiger partial charge >= 0.3 is 0 Å². The Labute approximate surface area is 154 Å². The standard InChI is InChI=1S/C19H17FN6O/c1-26-18(21-9-22-26)15-16(10-5-3-2-4-6-10)23-13-8-11(20)7-12-14(13)17(15)24-25-19(12)27/h2-9,15-16,19,23,25,27H,1H3. The van der Waals surface area contributed by atoms with Crippen molar-refractivity contribution < 1.29 is 9.50 Å². The van der Waals surface area contributed by atoms with E-state index in [9.17, 15) is 9.50 Å². The molecule has 0 bridgehead atoms. The van der Waals surface area contributed by atoms with E-state index in [0.29, 0.717) is 22.5 Å². The largest absolute Gasteiger partial charge is 0.376 e. The number of halogens is 1. The van der Waals surface area contributed by atoms with Crippen molar-refractivity contribution in [3.63, 3.8) is 0 Å². The predicted molar refractivity (Wildman–Crippen MR) is 97.6 cm³/mol. The first-order valence-corrected chi connectivity index (χ1v) is 8.64. The zero-order valence-corrected chi connectivity index (χ0v) is 14.5. The van der Waals surface area contributed by atoms with Gasteiger partial charge in [-0.1, -0.05) is 30.3 Å². The third-order valence-electron chi connectivity index (χ3n) is 5.11. The molecular formula is C19H17FN6O. The highest BCUT2D eigenvalue weighted by atomic mass is 19.1. The number of aromatic nitrogens is 3. The van der Waals surface area contributed by atoms with E-state index in [1.54, 1.807) is 4.68 Å². The lowest BCUT2D eigenvalue weighted by molar-refractivity contribution is 0.137. The second kappa shape index (κ2) is 5.88. The Balaban J connectivity index is 1.76. The maximum absolute atomic E-state index is 14.2. The van der Waals surface area contributed by atoms with Gasteiger partial charge in [0.2, 0.25) is 0 Å². The molecule has 3 N–H and O–H groups in total. The molecule has 0 aliphatic carbocycles. The Morgan fingerprint density at radius 1 is 1.19 bits per heavy atom. The number of aliphatic hydroxyl groups is 1. The van der Waals surface area contributed by atoms with Crippen LogP contribution in [-0.4, -0.2) is 25.6 Å². The van der Waals surface area contributed by atoms with Crippen LogP contribution in [0.1, 0.15) is 40.7 Å². The molecule has 5 rings (SSSR count). The number of hydrogen-bond donors (Lipinski definition) is 3. The molecule has 3 heterocycles. The molecule has 3 atom stereocenters. The van der Waals surface area contributed by atoms with Crippen LogP contribution < -0.4 is 10.7 Å². The van der Waals surface area contributed by atoms with Crippen molar-refractivity contribution in [2.45, 2.75) is 18.2 Å². The molecular weight excluding hydrogens is 347 g/mol. The molecule has 3 aromatic rings. The lowest BCUT2D eigenvalue weighted by atomic mass is 9.79. The van der Waals surface area contributed by atoms with Gasteiger partial charge in [0, 0.05) is 23.9 Å². The second-order valence-corrected chi connectivity index (χ2v) is 6.70. The van der Waals surface area contributed by atoms with Crippen LogP contribution in [0.5, 0.6) is 0 Å². The third kappa shape index (κ3) is 2.41. The lowest BCUT2D eigenvalue weighted by Crippen LogP contribution is -2.39. The van der Waals surface area contributed by atoms with Crippen LogP contribution >= 0.6 is 0 Å². The smallest absolute Gasteiger partial charge is 0.166 e. The summed E-state index contributed by atoms with van der Waals surface area (Å²) in [6.45, 7) is 0. The number of nitrogens with zero attached hydrogens (tertiary/aromatic N) is 4. The number of hydrogen-bond acceptors (Lipinski definition) is 6. The SMILES string of the molecule is Cn1ncnc1C1C2=NNC(O)c3cc(F)cc(c32)NC1c1ccccc1. The van der Waals surface area contributed by atoms with Crippen molar-refractivity contribution in [2.75, 3.05) is 5.32 Å². The summed E-state index contributed by atoms with van der Waals surface area (Å²) in [5.41, 5.74) is 6.21. The van der Waals surface area contributed by atoms with E-state index in [-0.39, 0.29) is 12.0 Å². The summed E-state index contributed by atoms with van der Waals surface area (Å²) in [6.07, 6.45) is 0.442. The van der Waals surface area contributed by atoms with E-state index in [1.165, 1.54) is 18.5 Å². The van der Waals surface area contributed by atoms with Crippen LogP contribution in [0.3, 0.4) is 0 Å².